The monoisotopic (exact) mass is 289 g/mol. The van der Waals surface area contributed by atoms with E-state index >= 15 is 0 Å². The predicted molar refractivity (Wildman–Crippen MR) is 85.7 cm³/mol. The second-order valence-corrected chi connectivity index (χ2v) is 8.88. The van der Waals surface area contributed by atoms with Crippen molar-refractivity contribution in [3.05, 3.63) is 11.6 Å². The zero-order valence-corrected chi connectivity index (χ0v) is 13.6. The summed E-state index contributed by atoms with van der Waals surface area (Å²) in [4.78, 5) is 0. The molecule has 0 heterocycles. The molecule has 0 amide bonds. The van der Waals surface area contributed by atoms with Gasteiger partial charge in [-0.05, 0) is 80.0 Å². The van der Waals surface area contributed by atoms with Crippen LogP contribution in [0.25, 0.3) is 0 Å². The molecule has 0 aromatic rings. The Labute approximate surface area is 129 Å². The Morgan fingerprint density at radius 2 is 1.90 bits per heavy atom. The summed E-state index contributed by atoms with van der Waals surface area (Å²) in [7, 11) is 0. The third kappa shape index (κ3) is 1.84. The van der Waals surface area contributed by atoms with Gasteiger partial charge in [-0.25, -0.2) is 0 Å². The first-order valence-electron chi connectivity index (χ1n) is 9.08. The van der Waals surface area contributed by atoms with Crippen molar-refractivity contribution >= 4 is 0 Å². The fraction of sp³-hybridized carbons (Fsp3) is 0.895. The summed E-state index contributed by atoms with van der Waals surface area (Å²) in [5, 5.41) is 10.0. The van der Waals surface area contributed by atoms with Crippen molar-refractivity contribution in [2.75, 3.05) is 0 Å². The number of aliphatic hydroxyl groups is 1. The van der Waals surface area contributed by atoms with E-state index in [9.17, 15) is 5.11 Å². The van der Waals surface area contributed by atoms with Crippen LogP contribution in [0, 0.1) is 28.6 Å². The van der Waals surface area contributed by atoms with Crippen molar-refractivity contribution in [1.29, 1.82) is 0 Å². The van der Waals surface area contributed by atoms with Gasteiger partial charge in [0, 0.05) is 6.04 Å². The molecule has 0 unspecified atom stereocenters. The molecule has 7 atom stereocenters. The number of allylic oxidation sites excluding steroid dienone is 1. The first kappa shape index (κ1) is 14.3. The lowest BCUT2D eigenvalue weighted by molar-refractivity contribution is -0.0401. The van der Waals surface area contributed by atoms with E-state index in [2.05, 4.69) is 19.9 Å². The maximum absolute atomic E-state index is 10.0. The Balaban J connectivity index is 1.68. The normalized spacial score (nSPS) is 56.2. The molecule has 118 valence electrons. The Morgan fingerprint density at radius 1 is 1.10 bits per heavy atom. The molecule has 2 heteroatoms. The highest BCUT2D eigenvalue weighted by Crippen LogP contribution is 2.64. The predicted octanol–water partition coefficient (Wildman–Crippen LogP) is 3.64. The van der Waals surface area contributed by atoms with Crippen molar-refractivity contribution in [3.8, 4) is 0 Å². The van der Waals surface area contributed by atoms with Gasteiger partial charge in [-0.2, -0.15) is 0 Å². The molecular formula is C19H31NO. The van der Waals surface area contributed by atoms with Crippen LogP contribution in [0.1, 0.15) is 65.2 Å². The summed E-state index contributed by atoms with van der Waals surface area (Å²) in [5.41, 5.74) is 8.83. The lowest BCUT2D eigenvalue weighted by Gasteiger charge is -2.57. The van der Waals surface area contributed by atoms with Crippen LogP contribution in [0.4, 0.5) is 0 Å². The van der Waals surface area contributed by atoms with E-state index < -0.39 is 0 Å². The number of aliphatic hydroxyl groups excluding tert-OH is 1. The minimum absolute atomic E-state index is 0.0883. The topological polar surface area (TPSA) is 46.2 Å². The Morgan fingerprint density at radius 3 is 2.71 bits per heavy atom. The molecule has 4 aliphatic carbocycles. The van der Waals surface area contributed by atoms with E-state index in [4.69, 9.17) is 5.73 Å². The summed E-state index contributed by atoms with van der Waals surface area (Å²) >= 11 is 0. The summed E-state index contributed by atoms with van der Waals surface area (Å²) < 4.78 is 0. The van der Waals surface area contributed by atoms with E-state index in [0.29, 0.717) is 16.9 Å². The third-order valence-corrected chi connectivity index (χ3v) is 8.15. The van der Waals surface area contributed by atoms with E-state index in [1.807, 2.05) is 0 Å². The van der Waals surface area contributed by atoms with E-state index in [1.165, 1.54) is 38.5 Å². The van der Waals surface area contributed by atoms with Crippen molar-refractivity contribution in [2.45, 2.75) is 77.4 Å². The van der Waals surface area contributed by atoms with Gasteiger partial charge in [-0.3, -0.25) is 0 Å². The first-order chi connectivity index (χ1) is 9.95. The van der Waals surface area contributed by atoms with Crippen LogP contribution < -0.4 is 5.73 Å². The Kier molecular flexibility index (Phi) is 3.11. The quantitative estimate of drug-likeness (QED) is 0.669. The molecule has 4 rings (SSSR count). The fourth-order valence-corrected chi connectivity index (χ4v) is 6.68. The van der Waals surface area contributed by atoms with Gasteiger partial charge in [0.15, 0.2) is 0 Å². The van der Waals surface area contributed by atoms with Crippen molar-refractivity contribution in [3.63, 3.8) is 0 Å². The van der Waals surface area contributed by atoms with Gasteiger partial charge in [-0.1, -0.05) is 25.5 Å². The molecule has 21 heavy (non-hydrogen) atoms. The number of nitrogens with two attached hydrogens (primary N) is 1. The van der Waals surface area contributed by atoms with Gasteiger partial charge in [0.25, 0.3) is 0 Å². The maximum atomic E-state index is 10.0. The number of fused-ring (bicyclic) bond motifs is 5. The van der Waals surface area contributed by atoms with Gasteiger partial charge in [0.1, 0.15) is 0 Å². The highest BCUT2D eigenvalue weighted by atomic mass is 16.3. The van der Waals surface area contributed by atoms with E-state index in [-0.39, 0.29) is 6.10 Å². The molecule has 0 saturated heterocycles. The molecule has 3 fully saturated rings. The molecule has 2 nitrogen and oxygen atoms in total. The van der Waals surface area contributed by atoms with Crippen LogP contribution in [0.15, 0.2) is 11.6 Å². The van der Waals surface area contributed by atoms with Crippen LogP contribution >= 0.6 is 0 Å². The van der Waals surface area contributed by atoms with Crippen molar-refractivity contribution in [2.24, 2.45) is 34.3 Å². The fourth-order valence-electron chi connectivity index (χ4n) is 6.68. The standard InChI is InChI=1S/C19H31NO/c1-18-9-7-13(21)11-12(18)3-4-14-15-5-6-17(20)19(15,2)10-8-16(14)18/h3,13-17,21H,4-11,20H2,1-2H3/t13-,14+,15+,16+,17+,18+,19+/m1/s1. The van der Waals surface area contributed by atoms with Crippen LogP contribution in [0.2, 0.25) is 0 Å². The molecule has 0 bridgehead atoms. The van der Waals surface area contributed by atoms with Crippen LogP contribution in [0.5, 0.6) is 0 Å². The average molecular weight is 289 g/mol. The number of rotatable bonds is 0. The van der Waals surface area contributed by atoms with Crippen LogP contribution in [0.3, 0.4) is 0 Å². The minimum Gasteiger partial charge on any atom is -0.393 e. The van der Waals surface area contributed by atoms with Gasteiger partial charge in [-0.15, -0.1) is 0 Å². The summed E-state index contributed by atoms with van der Waals surface area (Å²) in [6, 6.07) is 0.426. The molecular weight excluding hydrogens is 258 g/mol. The minimum atomic E-state index is -0.0883. The van der Waals surface area contributed by atoms with Gasteiger partial charge >= 0.3 is 0 Å². The molecule has 0 aromatic heterocycles. The lowest BCUT2D eigenvalue weighted by Crippen LogP contribution is -2.52. The molecule has 4 aliphatic rings. The molecule has 0 radical (unpaired) electrons. The summed E-state index contributed by atoms with van der Waals surface area (Å²) in [5.74, 6) is 2.53. The van der Waals surface area contributed by atoms with Crippen LogP contribution in [-0.2, 0) is 0 Å². The zero-order valence-electron chi connectivity index (χ0n) is 13.6. The van der Waals surface area contributed by atoms with Crippen molar-refractivity contribution < 1.29 is 5.11 Å². The largest absolute Gasteiger partial charge is 0.393 e. The Hall–Kier alpha value is -0.340. The highest BCUT2D eigenvalue weighted by molar-refractivity contribution is 5.25. The zero-order chi connectivity index (χ0) is 14.8. The average Bonchev–Trinajstić information content (AvgIpc) is 2.76. The van der Waals surface area contributed by atoms with Gasteiger partial charge in [0.05, 0.1) is 6.10 Å². The van der Waals surface area contributed by atoms with Gasteiger partial charge < -0.3 is 10.8 Å². The smallest absolute Gasteiger partial charge is 0.0577 e. The van der Waals surface area contributed by atoms with Crippen LogP contribution in [-0.4, -0.2) is 17.3 Å². The van der Waals surface area contributed by atoms with E-state index in [1.54, 1.807) is 5.57 Å². The summed E-state index contributed by atoms with van der Waals surface area (Å²) in [6.45, 7) is 4.97. The first-order valence-corrected chi connectivity index (χ1v) is 9.08. The molecule has 0 spiro atoms. The molecule has 3 N–H and O–H groups in total. The number of hydrogen-bond acceptors (Lipinski definition) is 2. The van der Waals surface area contributed by atoms with E-state index in [0.717, 1.165) is 30.6 Å². The summed E-state index contributed by atoms with van der Waals surface area (Å²) in [6.07, 6.45) is 12.1. The number of hydrogen-bond donors (Lipinski definition) is 2. The Bertz CT molecular complexity index is 472. The van der Waals surface area contributed by atoms with Gasteiger partial charge in [0.2, 0.25) is 0 Å². The second-order valence-electron chi connectivity index (χ2n) is 8.88. The lowest BCUT2D eigenvalue weighted by atomic mass is 9.48. The third-order valence-electron chi connectivity index (χ3n) is 8.15. The highest BCUT2D eigenvalue weighted by Gasteiger charge is 2.57. The molecule has 3 saturated carbocycles. The SMILES string of the molecule is C[C@]12CC[C@H]3[C@@H](CC=C4C[C@H](O)CC[C@@]43C)[C@@H]1CC[C@@H]2N. The van der Waals surface area contributed by atoms with Crippen molar-refractivity contribution in [1.82, 2.24) is 0 Å². The maximum Gasteiger partial charge on any atom is 0.0577 e. The molecule has 0 aromatic carbocycles. The molecule has 0 aliphatic heterocycles. The second kappa shape index (κ2) is 4.58.